The number of carbonyl (C=O) groups excluding carboxylic acids is 1. The van der Waals surface area contributed by atoms with Gasteiger partial charge in [0.2, 0.25) is 0 Å². The first-order chi connectivity index (χ1) is 10.6. The molecule has 0 saturated carbocycles. The van der Waals surface area contributed by atoms with Crippen LogP contribution < -0.4 is 10.1 Å². The van der Waals surface area contributed by atoms with Crippen LogP contribution in [-0.4, -0.2) is 36.2 Å². The van der Waals surface area contributed by atoms with E-state index in [1.165, 1.54) is 0 Å². The molecule has 0 fully saturated rings. The largest absolute Gasteiger partial charge is 0.491 e. The van der Waals surface area contributed by atoms with Crippen LogP contribution in [0.15, 0.2) is 24.3 Å². The molecule has 2 rings (SSSR count). The lowest BCUT2D eigenvalue weighted by Crippen LogP contribution is -2.23. The first-order valence-electron chi connectivity index (χ1n) is 7.12. The zero-order valence-electron chi connectivity index (χ0n) is 13.1. The second-order valence-corrected chi connectivity index (χ2v) is 4.95. The summed E-state index contributed by atoms with van der Waals surface area (Å²) in [5.74, 6) is 1.23. The molecule has 1 heterocycles. The molecule has 0 saturated heterocycles. The minimum absolute atomic E-state index is 0.163. The number of nitrogens with one attached hydrogen (secondary N) is 2. The Balaban J connectivity index is 1.92. The van der Waals surface area contributed by atoms with Crippen molar-refractivity contribution in [1.29, 1.82) is 0 Å². The number of rotatable bonds is 7. The third kappa shape index (κ3) is 4.33. The molecule has 0 aliphatic rings. The summed E-state index contributed by atoms with van der Waals surface area (Å²) in [7, 11) is 1.62. The molecule has 0 unspecified atom stereocenters. The number of carbonyl (C=O) groups is 1. The summed E-state index contributed by atoms with van der Waals surface area (Å²) in [4.78, 5) is 19.6. The summed E-state index contributed by atoms with van der Waals surface area (Å²) in [6.45, 7) is 5.20. The van der Waals surface area contributed by atoms with E-state index in [1.807, 2.05) is 19.9 Å². The molecule has 0 spiro atoms. The first-order valence-corrected chi connectivity index (χ1v) is 7.12. The number of aromatic amines is 1. The number of amides is 1. The van der Waals surface area contributed by atoms with Crippen LogP contribution in [0.4, 0.5) is 0 Å². The quantitative estimate of drug-likeness (QED) is 0.767. The predicted molar refractivity (Wildman–Crippen MR) is 83.0 cm³/mol. The predicted octanol–water partition coefficient (Wildman–Crippen LogP) is 1.98. The van der Waals surface area contributed by atoms with Gasteiger partial charge in [-0.2, -0.15) is 0 Å². The van der Waals surface area contributed by atoms with Gasteiger partial charge in [0.1, 0.15) is 18.2 Å². The Hall–Kier alpha value is -2.34. The number of H-pyrrole nitrogens is 1. The van der Waals surface area contributed by atoms with E-state index >= 15 is 0 Å². The van der Waals surface area contributed by atoms with Gasteiger partial charge < -0.3 is 19.8 Å². The Morgan fingerprint density at radius 3 is 2.82 bits per heavy atom. The van der Waals surface area contributed by atoms with Gasteiger partial charge >= 0.3 is 0 Å². The molecule has 2 aromatic rings. The molecule has 0 radical (unpaired) electrons. The number of imidazole rings is 1. The van der Waals surface area contributed by atoms with Crippen LogP contribution in [-0.2, 0) is 11.3 Å². The number of nitrogens with zero attached hydrogens (tertiary/aromatic N) is 1. The van der Waals surface area contributed by atoms with Crippen molar-refractivity contribution in [1.82, 2.24) is 15.3 Å². The van der Waals surface area contributed by atoms with Crippen molar-refractivity contribution in [2.24, 2.45) is 0 Å². The van der Waals surface area contributed by atoms with Crippen molar-refractivity contribution >= 4 is 5.91 Å². The van der Waals surface area contributed by atoms with Crippen LogP contribution in [0.25, 0.3) is 0 Å². The average Bonchev–Trinajstić information content (AvgIpc) is 2.84. The maximum atomic E-state index is 12.2. The highest BCUT2D eigenvalue weighted by molar-refractivity contribution is 5.94. The molecular weight excluding hydrogens is 282 g/mol. The van der Waals surface area contributed by atoms with Crippen LogP contribution in [0, 0.1) is 13.8 Å². The summed E-state index contributed by atoms with van der Waals surface area (Å²) in [5.41, 5.74) is 2.51. The van der Waals surface area contributed by atoms with Gasteiger partial charge in [0.15, 0.2) is 0 Å². The highest BCUT2D eigenvalue weighted by Crippen LogP contribution is 2.13. The molecule has 6 nitrogen and oxygen atoms in total. The van der Waals surface area contributed by atoms with Gasteiger partial charge in [-0.05, 0) is 32.0 Å². The van der Waals surface area contributed by atoms with Gasteiger partial charge in [0, 0.05) is 18.4 Å². The lowest BCUT2D eigenvalue weighted by molar-refractivity contribution is 0.0949. The van der Waals surface area contributed by atoms with E-state index in [4.69, 9.17) is 9.47 Å². The fourth-order valence-corrected chi connectivity index (χ4v) is 1.94. The number of aryl methyl sites for hydroxylation is 2. The van der Waals surface area contributed by atoms with Crippen molar-refractivity contribution in [2.45, 2.75) is 20.4 Å². The Morgan fingerprint density at radius 2 is 2.14 bits per heavy atom. The van der Waals surface area contributed by atoms with Crippen molar-refractivity contribution < 1.29 is 14.3 Å². The fraction of sp³-hybridized carbons (Fsp3) is 0.375. The molecule has 1 aromatic carbocycles. The standard InChI is InChI=1S/C16H21N3O3/c1-11-12(2)19-15(18-11)10-17-16(20)13-5-4-6-14(9-13)22-8-7-21-3/h4-6,9H,7-8,10H2,1-3H3,(H,17,20)(H,18,19). The Labute approximate surface area is 129 Å². The fourth-order valence-electron chi connectivity index (χ4n) is 1.94. The molecule has 0 atom stereocenters. The smallest absolute Gasteiger partial charge is 0.251 e. The second-order valence-electron chi connectivity index (χ2n) is 4.95. The first kappa shape index (κ1) is 16.0. The third-order valence-corrected chi connectivity index (χ3v) is 3.25. The van der Waals surface area contributed by atoms with Crippen LogP contribution in [0.5, 0.6) is 5.75 Å². The van der Waals surface area contributed by atoms with Gasteiger partial charge in [-0.25, -0.2) is 4.98 Å². The van der Waals surface area contributed by atoms with Crippen molar-refractivity contribution in [3.8, 4) is 5.75 Å². The van der Waals surface area contributed by atoms with E-state index in [9.17, 15) is 4.79 Å². The lowest BCUT2D eigenvalue weighted by Gasteiger charge is -2.08. The second kappa shape index (κ2) is 7.61. The molecule has 0 aliphatic carbocycles. The van der Waals surface area contributed by atoms with Crippen molar-refractivity contribution in [2.75, 3.05) is 20.3 Å². The monoisotopic (exact) mass is 303 g/mol. The van der Waals surface area contributed by atoms with Crippen LogP contribution >= 0.6 is 0 Å². The Morgan fingerprint density at radius 1 is 1.32 bits per heavy atom. The minimum Gasteiger partial charge on any atom is -0.491 e. The van der Waals surface area contributed by atoms with Gasteiger partial charge in [-0.1, -0.05) is 6.07 Å². The SMILES string of the molecule is COCCOc1cccc(C(=O)NCc2nc(C)c(C)[nH]2)c1. The molecule has 0 aliphatic heterocycles. The molecule has 0 bridgehead atoms. The normalized spacial score (nSPS) is 10.5. The zero-order valence-corrected chi connectivity index (χ0v) is 13.1. The van der Waals surface area contributed by atoms with Crippen molar-refractivity contribution in [3.63, 3.8) is 0 Å². The Bertz CT molecular complexity index is 618. The lowest BCUT2D eigenvalue weighted by atomic mass is 10.2. The number of methoxy groups -OCH3 is 1. The zero-order chi connectivity index (χ0) is 15.9. The number of hydrogen-bond acceptors (Lipinski definition) is 4. The molecule has 6 heteroatoms. The summed E-state index contributed by atoms with van der Waals surface area (Å²) < 4.78 is 10.4. The van der Waals surface area contributed by atoms with E-state index in [0.717, 1.165) is 17.2 Å². The van der Waals surface area contributed by atoms with Crippen LogP contribution in [0.3, 0.4) is 0 Å². The van der Waals surface area contributed by atoms with Gasteiger partial charge in [-0.15, -0.1) is 0 Å². The van der Waals surface area contributed by atoms with E-state index < -0.39 is 0 Å². The maximum Gasteiger partial charge on any atom is 0.251 e. The van der Waals surface area contributed by atoms with E-state index in [-0.39, 0.29) is 5.91 Å². The topological polar surface area (TPSA) is 76.2 Å². The van der Waals surface area contributed by atoms with Gasteiger partial charge in [-0.3, -0.25) is 4.79 Å². The maximum absolute atomic E-state index is 12.2. The highest BCUT2D eigenvalue weighted by atomic mass is 16.5. The van der Waals surface area contributed by atoms with Crippen LogP contribution in [0.2, 0.25) is 0 Å². The van der Waals surface area contributed by atoms with Crippen LogP contribution in [0.1, 0.15) is 27.6 Å². The number of aromatic nitrogens is 2. The van der Waals surface area contributed by atoms with E-state index in [2.05, 4.69) is 15.3 Å². The van der Waals surface area contributed by atoms with Gasteiger partial charge in [0.25, 0.3) is 5.91 Å². The third-order valence-electron chi connectivity index (χ3n) is 3.25. The number of hydrogen-bond donors (Lipinski definition) is 2. The molecule has 1 amide bonds. The average molecular weight is 303 g/mol. The molecule has 118 valence electrons. The number of benzene rings is 1. The number of ether oxygens (including phenoxy) is 2. The minimum atomic E-state index is -0.163. The summed E-state index contributed by atoms with van der Waals surface area (Å²) >= 11 is 0. The molecule has 22 heavy (non-hydrogen) atoms. The Kier molecular flexibility index (Phi) is 5.55. The molecule has 1 aromatic heterocycles. The summed E-state index contributed by atoms with van der Waals surface area (Å²) in [6.07, 6.45) is 0. The summed E-state index contributed by atoms with van der Waals surface area (Å²) in [5, 5.41) is 2.84. The molecular formula is C16H21N3O3. The molecule has 2 N–H and O–H groups in total. The highest BCUT2D eigenvalue weighted by Gasteiger charge is 2.08. The van der Waals surface area contributed by atoms with Crippen molar-refractivity contribution in [3.05, 3.63) is 47.0 Å². The van der Waals surface area contributed by atoms with E-state index in [1.54, 1.807) is 25.3 Å². The van der Waals surface area contributed by atoms with Gasteiger partial charge in [0.05, 0.1) is 18.8 Å². The van der Waals surface area contributed by atoms with E-state index in [0.29, 0.717) is 31.1 Å². The summed E-state index contributed by atoms with van der Waals surface area (Å²) in [6, 6.07) is 7.06.